The summed E-state index contributed by atoms with van der Waals surface area (Å²) in [5.74, 6) is 0.428. The highest BCUT2D eigenvalue weighted by molar-refractivity contribution is 7.91. The van der Waals surface area contributed by atoms with E-state index in [9.17, 15) is 8.42 Å². The highest BCUT2D eigenvalue weighted by Gasteiger charge is 2.22. The topological polar surface area (TPSA) is 117 Å². The van der Waals surface area contributed by atoms with E-state index in [-0.39, 0.29) is 16.9 Å². The first kappa shape index (κ1) is 27.4. The molecule has 1 aromatic heterocycles. The van der Waals surface area contributed by atoms with Crippen LogP contribution in [-0.4, -0.2) is 118 Å². The van der Waals surface area contributed by atoms with Gasteiger partial charge in [0, 0.05) is 37.7 Å². The lowest BCUT2D eigenvalue weighted by atomic mass is 10.4. The third-order valence-corrected chi connectivity index (χ3v) is 6.47. The van der Waals surface area contributed by atoms with E-state index >= 15 is 0 Å². The van der Waals surface area contributed by atoms with Gasteiger partial charge in [-0.05, 0) is 6.92 Å². The van der Waals surface area contributed by atoms with E-state index in [4.69, 9.17) is 18.9 Å². The van der Waals surface area contributed by atoms with E-state index in [0.29, 0.717) is 79.0 Å². The minimum atomic E-state index is -2.86. The molecule has 0 spiro atoms. The highest BCUT2D eigenvalue weighted by atomic mass is 32.2. The first-order chi connectivity index (χ1) is 15.4. The molecule has 1 aliphatic rings. The Morgan fingerprint density at radius 3 is 2.16 bits per heavy atom. The fourth-order valence-electron chi connectivity index (χ4n) is 2.92. The highest BCUT2D eigenvalue weighted by Crippen LogP contribution is 2.07. The Balaban J connectivity index is 1.37. The van der Waals surface area contributed by atoms with Gasteiger partial charge in [-0.3, -0.25) is 4.90 Å². The zero-order valence-electron chi connectivity index (χ0n) is 18.9. The molecule has 11 nitrogen and oxygen atoms in total. The minimum absolute atomic E-state index is 0.173. The van der Waals surface area contributed by atoms with Gasteiger partial charge in [0.2, 0.25) is 0 Å². The van der Waals surface area contributed by atoms with Crippen LogP contribution in [0.4, 0.5) is 0 Å². The number of thiol groups is 1. The second kappa shape index (κ2) is 15.9. The van der Waals surface area contributed by atoms with Crippen molar-refractivity contribution in [2.24, 2.45) is 0 Å². The average molecular weight is 496 g/mol. The molecule has 32 heavy (non-hydrogen) atoms. The molecule has 0 radical (unpaired) electrons. The number of hydrogen-bond donors (Lipinski definition) is 2. The van der Waals surface area contributed by atoms with Crippen LogP contribution in [0.1, 0.15) is 12.6 Å². The van der Waals surface area contributed by atoms with Gasteiger partial charge in [0.25, 0.3) is 0 Å². The van der Waals surface area contributed by atoms with Gasteiger partial charge in [-0.2, -0.15) is 12.6 Å². The summed E-state index contributed by atoms with van der Waals surface area (Å²) in [5.41, 5.74) is 0.835. The molecule has 1 unspecified atom stereocenters. The molecule has 1 aliphatic heterocycles. The van der Waals surface area contributed by atoms with Crippen molar-refractivity contribution in [2.75, 3.05) is 84.0 Å². The summed E-state index contributed by atoms with van der Waals surface area (Å²) in [7, 11) is -2.86. The summed E-state index contributed by atoms with van der Waals surface area (Å²) in [6, 6.07) is 0. The molecule has 1 atom stereocenters. The fraction of sp³-hybridized carbons (Fsp3) is 0.895. The van der Waals surface area contributed by atoms with E-state index in [0.717, 1.165) is 12.2 Å². The first-order valence-corrected chi connectivity index (χ1v) is 13.3. The zero-order valence-corrected chi connectivity index (χ0v) is 20.6. The molecule has 186 valence electrons. The van der Waals surface area contributed by atoms with Crippen LogP contribution in [0.25, 0.3) is 0 Å². The van der Waals surface area contributed by atoms with Gasteiger partial charge in [0.05, 0.1) is 76.6 Å². The number of rotatable bonds is 18. The van der Waals surface area contributed by atoms with Gasteiger partial charge in [-0.15, -0.1) is 5.10 Å². The maximum Gasteiger partial charge on any atom is 0.152 e. The molecule has 1 fully saturated rings. The Bertz CT molecular complexity index is 705. The molecule has 13 heteroatoms. The maximum absolute atomic E-state index is 11.5. The van der Waals surface area contributed by atoms with Gasteiger partial charge in [-0.25, -0.2) is 13.1 Å². The molecule has 1 saturated heterocycles. The summed E-state index contributed by atoms with van der Waals surface area (Å²) in [4.78, 5) is 2.09. The quantitative estimate of drug-likeness (QED) is 0.156. The van der Waals surface area contributed by atoms with Crippen molar-refractivity contribution in [3.63, 3.8) is 0 Å². The summed E-state index contributed by atoms with van der Waals surface area (Å²) in [6.07, 6.45) is 1.88. The van der Waals surface area contributed by atoms with Crippen LogP contribution in [0.5, 0.6) is 0 Å². The van der Waals surface area contributed by atoms with Crippen molar-refractivity contribution in [2.45, 2.75) is 25.4 Å². The van der Waals surface area contributed by atoms with Gasteiger partial charge in [0.1, 0.15) is 0 Å². The van der Waals surface area contributed by atoms with Gasteiger partial charge in [0.15, 0.2) is 9.84 Å². The fourth-order valence-corrected chi connectivity index (χ4v) is 4.32. The van der Waals surface area contributed by atoms with Gasteiger partial charge in [-0.1, -0.05) is 5.21 Å². The second-order valence-electron chi connectivity index (χ2n) is 7.48. The molecule has 0 bridgehead atoms. The van der Waals surface area contributed by atoms with E-state index in [1.807, 2.05) is 13.1 Å². The van der Waals surface area contributed by atoms with E-state index in [2.05, 4.69) is 33.2 Å². The second-order valence-corrected chi connectivity index (χ2v) is 10.6. The zero-order chi connectivity index (χ0) is 23.1. The molecule has 0 aliphatic carbocycles. The Kier molecular flexibility index (Phi) is 13.7. The Morgan fingerprint density at radius 1 is 1.00 bits per heavy atom. The van der Waals surface area contributed by atoms with Crippen molar-refractivity contribution >= 4 is 22.5 Å². The summed E-state index contributed by atoms with van der Waals surface area (Å²) in [6.45, 7) is 9.39. The van der Waals surface area contributed by atoms with Crippen LogP contribution in [0.2, 0.25) is 0 Å². The van der Waals surface area contributed by atoms with Crippen LogP contribution in [0.3, 0.4) is 0 Å². The van der Waals surface area contributed by atoms with Crippen LogP contribution in [0.15, 0.2) is 6.20 Å². The van der Waals surface area contributed by atoms with Gasteiger partial charge < -0.3 is 24.3 Å². The lowest BCUT2D eigenvalue weighted by Gasteiger charge is -2.25. The van der Waals surface area contributed by atoms with Crippen molar-refractivity contribution < 1.29 is 27.4 Å². The lowest BCUT2D eigenvalue weighted by Crippen LogP contribution is -2.39. The lowest BCUT2D eigenvalue weighted by molar-refractivity contribution is -0.00244. The summed E-state index contributed by atoms with van der Waals surface area (Å²) in [5, 5.41) is 11.6. The summed E-state index contributed by atoms with van der Waals surface area (Å²) < 4.78 is 46.6. The molecular formula is C19H37N5O6S2. The van der Waals surface area contributed by atoms with E-state index < -0.39 is 9.84 Å². The molecule has 0 amide bonds. The van der Waals surface area contributed by atoms with Crippen LogP contribution >= 0.6 is 12.6 Å². The third-order valence-electron chi connectivity index (χ3n) is 4.68. The van der Waals surface area contributed by atoms with E-state index in [1.54, 1.807) is 4.68 Å². The smallest absolute Gasteiger partial charge is 0.152 e. The van der Waals surface area contributed by atoms with Crippen LogP contribution in [-0.2, 0) is 41.9 Å². The SMILES string of the molecule is CC(S)NCCOCCOCCOCCOCCn1cc(CN2CCS(=O)(=O)CC2)nn1. The van der Waals surface area contributed by atoms with Crippen molar-refractivity contribution in [3.8, 4) is 0 Å². The van der Waals surface area contributed by atoms with Crippen molar-refractivity contribution in [1.82, 2.24) is 25.2 Å². The number of aromatic nitrogens is 3. The Hall–Kier alpha value is -0.800. The van der Waals surface area contributed by atoms with Gasteiger partial charge >= 0.3 is 0 Å². The average Bonchev–Trinajstić information content (AvgIpc) is 3.19. The number of nitrogens with zero attached hydrogens (tertiary/aromatic N) is 4. The van der Waals surface area contributed by atoms with E-state index in [1.165, 1.54) is 0 Å². The monoisotopic (exact) mass is 495 g/mol. The van der Waals surface area contributed by atoms with Crippen molar-refractivity contribution in [3.05, 3.63) is 11.9 Å². The van der Waals surface area contributed by atoms with Crippen LogP contribution in [0, 0.1) is 0 Å². The molecular weight excluding hydrogens is 458 g/mol. The third kappa shape index (κ3) is 13.0. The minimum Gasteiger partial charge on any atom is -0.378 e. The number of hydrogen-bond acceptors (Lipinski definition) is 11. The molecule has 1 N–H and O–H groups in total. The molecule has 2 heterocycles. The predicted molar refractivity (Wildman–Crippen MR) is 124 cm³/mol. The van der Waals surface area contributed by atoms with Crippen molar-refractivity contribution in [1.29, 1.82) is 0 Å². The normalized spacial score (nSPS) is 17.6. The number of nitrogens with one attached hydrogen (secondary N) is 1. The largest absolute Gasteiger partial charge is 0.378 e. The number of sulfone groups is 1. The molecule has 0 aromatic carbocycles. The number of ether oxygens (including phenoxy) is 4. The standard InChI is InChI=1S/C19H37N5O6S2/c1-18(31)20-2-6-27-8-10-29-12-13-30-11-9-28-7-3-24-17-19(21-22-24)16-23-4-14-32(25,26)15-5-23/h17-18,20,31H,2-16H2,1H3. The molecule has 2 rings (SSSR count). The summed E-state index contributed by atoms with van der Waals surface area (Å²) >= 11 is 4.22. The Labute approximate surface area is 196 Å². The maximum atomic E-state index is 11.5. The Morgan fingerprint density at radius 2 is 1.56 bits per heavy atom. The molecule has 0 saturated carbocycles. The predicted octanol–water partition coefficient (Wildman–Crippen LogP) is -0.560. The first-order valence-electron chi connectivity index (χ1n) is 11.0. The molecule has 1 aromatic rings. The van der Waals surface area contributed by atoms with Crippen LogP contribution < -0.4 is 5.32 Å².